The van der Waals surface area contributed by atoms with E-state index in [0.29, 0.717) is 18.1 Å². The van der Waals surface area contributed by atoms with E-state index in [4.69, 9.17) is 4.74 Å². The molecule has 0 saturated carbocycles. The molecule has 1 aliphatic rings. The molecule has 186 valence electrons. The van der Waals surface area contributed by atoms with Crippen molar-refractivity contribution in [3.05, 3.63) is 52.7 Å². The van der Waals surface area contributed by atoms with Crippen LogP contribution in [0.1, 0.15) is 79.4 Å². The van der Waals surface area contributed by atoms with Crippen LogP contribution in [-0.2, 0) is 0 Å². The number of nitrogens with zero attached hydrogens (tertiary/aromatic N) is 2. The first-order valence-electron chi connectivity index (χ1n) is 12.6. The fourth-order valence-corrected chi connectivity index (χ4v) is 4.65. The first kappa shape index (κ1) is 26.0. The summed E-state index contributed by atoms with van der Waals surface area (Å²) in [5, 5.41) is 12.0. The number of piperidine rings is 1. The minimum Gasteiger partial charge on any atom is -0.494 e. The lowest BCUT2D eigenvalue weighted by atomic mass is 9.92. The molecule has 1 saturated heterocycles. The molecule has 2 N–H and O–H groups in total. The average molecular weight is 468 g/mol. The minimum atomic E-state index is -0.268. The molecular weight excluding hydrogens is 426 g/mol. The Bertz CT molecular complexity index is 911. The van der Waals surface area contributed by atoms with Gasteiger partial charge in [-0.15, -0.1) is 0 Å². The Morgan fingerprint density at radius 2 is 1.85 bits per heavy atom. The summed E-state index contributed by atoms with van der Waals surface area (Å²) < 4.78 is 6.02. The Hall–Kier alpha value is -2.60. The topological polar surface area (TPSA) is 74.7 Å². The van der Waals surface area contributed by atoms with Crippen molar-refractivity contribution in [2.24, 2.45) is 5.92 Å². The van der Waals surface area contributed by atoms with E-state index in [-0.39, 0.29) is 18.6 Å². The predicted octanol–water partition coefficient (Wildman–Crippen LogP) is 5.01. The van der Waals surface area contributed by atoms with Crippen molar-refractivity contribution >= 4 is 11.7 Å². The van der Waals surface area contributed by atoms with Crippen LogP contribution in [0.25, 0.3) is 0 Å². The number of ether oxygens (including phenoxy) is 1. The summed E-state index contributed by atoms with van der Waals surface area (Å²) in [7, 11) is 0. The molecule has 0 aliphatic carbocycles. The second-order valence-corrected chi connectivity index (χ2v) is 10.0. The van der Waals surface area contributed by atoms with Gasteiger partial charge in [0.05, 0.1) is 13.2 Å². The van der Waals surface area contributed by atoms with Gasteiger partial charge in [0, 0.05) is 30.9 Å². The highest BCUT2D eigenvalue weighted by atomic mass is 16.5. The molecule has 1 aromatic heterocycles. The number of carbonyl (C=O) groups excluding carboxylic acids is 1. The average Bonchev–Trinajstić information content (AvgIpc) is 2.81. The number of aryl methyl sites for hydroxylation is 2. The van der Waals surface area contributed by atoms with Gasteiger partial charge in [0.15, 0.2) is 0 Å². The number of aliphatic hydroxyl groups is 1. The van der Waals surface area contributed by atoms with Gasteiger partial charge >= 0.3 is 0 Å². The summed E-state index contributed by atoms with van der Waals surface area (Å²) in [6.07, 6.45) is 6.61. The van der Waals surface area contributed by atoms with Crippen LogP contribution < -0.4 is 15.0 Å². The number of rotatable bonds is 10. The lowest BCUT2D eigenvalue weighted by Gasteiger charge is -2.33. The molecule has 6 heteroatoms. The lowest BCUT2D eigenvalue weighted by molar-refractivity contribution is 0.0921. The van der Waals surface area contributed by atoms with Gasteiger partial charge in [0.2, 0.25) is 0 Å². The quantitative estimate of drug-likeness (QED) is 0.481. The second kappa shape index (κ2) is 12.2. The molecule has 1 atom stereocenters. The van der Waals surface area contributed by atoms with Crippen LogP contribution in [0.2, 0.25) is 0 Å². The summed E-state index contributed by atoms with van der Waals surface area (Å²) >= 11 is 0. The molecule has 1 aliphatic heterocycles. The predicted molar refractivity (Wildman–Crippen MR) is 138 cm³/mol. The Morgan fingerprint density at radius 1 is 1.18 bits per heavy atom. The van der Waals surface area contributed by atoms with Crippen molar-refractivity contribution in [3.8, 4) is 5.75 Å². The van der Waals surface area contributed by atoms with Crippen molar-refractivity contribution < 1.29 is 14.6 Å². The summed E-state index contributed by atoms with van der Waals surface area (Å²) in [5.41, 5.74) is 3.73. The summed E-state index contributed by atoms with van der Waals surface area (Å²) in [5.74, 6) is 3.01. The van der Waals surface area contributed by atoms with Gasteiger partial charge in [-0.05, 0) is 93.2 Å². The molecule has 34 heavy (non-hydrogen) atoms. The van der Waals surface area contributed by atoms with E-state index in [1.54, 1.807) is 6.92 Å². The zero-order valence-corrected chi connectivity index (χ0v) is 21.4. The molecule has 1 fully saturated rings. The molecule has 2 aromatic rings. The highest BCUT2D eigenvalue weighted by Crippen LogP contribution is 2.27. The van der Waals surface area contributed by atoms with Crippen molar-refractivity contribution in [1.29, 1.82) is 0 Å². The fraction of sp³-hybridized carbons (Fsp3) is 0.571. The SMILES string of the molecule is Cc1cc(OCCCC2CCN(c3ccc(C(C)C)cn3)CC2)cc(C)c1C(=O)NC(C)CO. The van der Waals surface area contributed by atoms with Crippen LogP contribution in [0.3, 0.4) is 0 Å². The van der Waals surface area contributed by atoms with E-state index in [1.165, 1.54) is 24.8 Å². The third-order valence-corrected chi connectivity index (χ3v) is 6.79. The number of aliphatic hydroxyl groups excluding tert-OH is 1. The van der Waals surface area contributed by atoms with Crippen LogP contribution in [-0.4, -0.2) is 48.3 Å². The first-order chi connectivity index (χ1) is 16.3. The van der Waals surface area contributed by atoms with E-state index in [2.05, 4.69) is 41.2 Å². The Kier molecular flexibility index (Phi) is 9.34. The molecule has 1 aromatic carbocycles. The van der Waals surface area contributed by atoms with E-state index in [1.807, 2.05) is 32.2 Å². The second-order valence-electron chi connectivity index (χ2n) is 10.0. The number of aromatic nitrogens is 1. The van der Waals surface area contributed by atoms with Crippen LogP contribution in [0.4, 0.5) is 5.82 Å². The molecule has 0 spiro atoms. The van der Waals surface area contributed by atoms with Crippen LogP contribution in [0.15, 0.2) is 30.5 Å². The number of anilines is 1. The number of amides is 1. The maximum atomic E-state index is 12.5. The maximum absolute atomic E-state index is 12.5. The number of hydrogen-bond acceptors (Lipinski definition) is 5. The van der Waals surface area contributed by atoms with E-state index < -0.39 is 0 Å². The number of hydrogen-bond donors (Lipinski definition) is 2. The van der Waals surface area contributed by atoms with Crippen molar-refractivity contribution in [2.45, 2.75) is 72.3 Å². The van der Waals surface area contributed by atoms with Gasteiger partial charge in [-0.25, -0.2) is 4.98 Å². The highest BCUT2D eigenvalue weighted by Gasteiger charge is 2.20. The smallest absolute Gasteiger partial charge is 0.252 e. The van der Waals surface area contributed by atoms with Crippen LogP contribution in [0, 0.1) is 19.8 Å². The largest absolute Gasteiger partial charge is 0.494 e. The number of carbonyl (C=O) groups is 1. The molecular formula is C28H41N3O3. The molecule has 1 amide bonds. The summed E-state index contributed by atoms with van der Waals surface area (Å²) in [6.45, 7) is 12.8. The molecule has 6 nitrogen and oxygen atoms in total. The third-order valence-electron chi connectivity index (χ3n) is 6.79. The summed E-state index contributed by atoms with van der Waals surface area (Å²) in [6, 6.07) is 7.96. The van der Waals surface area contributed by atoms with Gasteiger partial charge in [-0.3, -0.25) is 4.79 Å². The molecule has 0 bridgehead atoms. The molecule has 3 rings (SSSR count). The fourth-order valence-electron chi connectivity index (χ4n) is 4.65. The third kappa shape index (κ3) is 6.95. The normalized spacial score (nSPS) is 15.4. The first-order valence-corrected chi connectivity index (χ1v) is 12.6. The Balaban J connectivity index is 1.41. The van der Waals surface area contributed by atoms with Crippen LogP contribution >= 0.6 is 0 Å². The number of benzene rings is 1. The van der Waals surface area contributed by atoms with E-state index >= 15 is 0 Å². The van der Waals surface area contributed by atoms with Crippen LogP contribution in [0.5, 0.6) is 5.75 Å². The monoisotopic (exact) mass is 467 g/mol. The zero-order valence-electron chi connectivity index (χ0n) is 21.4. The van der Waals surface area contributed by atoms with Gasteiger partial charge in [-0.2, -0.15) is 0 Å². The zero-order chi connectivity index (χ0) is 24.7. The standard InChI is InChI=1S/C28H41N3O3/c1-19(2)24-8-9-26(29-17-24)31-12-10-23(11-13-31)7-6-14-34-25-15-20(3)27(21(4)16-25)28(33)30-22(5)18-32/h8-9,15-17,19,22-23,32H,6-7,10-14,18H2,1-5H3,(H,30,33). The van der Waals surface area contributed by atoms with E-state index in [9.17, 15) is 9.90 Å². The van der Waals surface area contributed by atoms with Crippen molar-refractivity contribution in [3.63, 3.8) is 0 Å². The molecule has 1 unspecified atom stereocenters. The van der Waals surface area contributed by atoms with Gasteiger partial charge in [0.25, 0.3) is 5.91 Å². The summed E-state index contributed by atoms with van der Waals surface area (Å²) in [4.78, 5) is 19.6. The van der Waals surface area contributed by atoms with Gasteiger partial charge in [-0.1, -0.05) is 19.9 Å². The minimum absolute atomic E-state index is 0.0770. The van der Waals surface area contributed by atoms with Gasteiger partial charge in [0.1, 0.15) is 11.6 Å². The van der Waals surface area contributed by atoms with Gasteiger partial charge < -0.3 is 20.1 Å². The number of pyridine rings is 1. The Labute approximate surface area is 204 Å². The van der Waals surface area contributed by atoms with Crippen molar-refractivity contribution in [1.82, 2.24) is 10.3 Å². The van der Waals surface area contributed by atoms with E-state index in [0.717, 1.165) is 48.1 Å². The maximum Gasteiger partial charge on any atom is 0.252 e. The highest BCUT2D eigenvalue weighted by molar-refractivity contribution is 5.97. The number of nitrogens with one attached hydrogen (secondary N) is 1. The van der Waals surface area contributed by atoms with Crippen molar-refractivity contribution in [2.75, 3.05) is 31.2 Å². The lowest BCUT2D eigenvalue weighted by Crippen LogP contribution is -2.35. The molecule has 0 radical (unpaired) electrons. The Morgan fingerprint density at radius 3 is 2.41 bits per heavy atom. The molecule has 2 heterocycles.